The van der Waals surface area contributed by atoms with E-state index in [4.69, 9.17) is 0 Å². The van der Waals surface area contributed by atoms with Crippen molar-refractivity contribution in [2.45, 2.75) is 12.8 Å². The average molecular weight is 239 g/mol. The maximum atomic E-state index is 4.38. The van der Waals surface area contributed by atoms with Crippen molar-refractivity contribution in [1.29, 1.82) is 0 Å². The van der Waals surface area contributed by atoms with Gasteiger partial charge in [-0.15, -0.1) is 0 Å². The highest BCUT2D eigenvalue weighted by atomic mass is 15.2. The van der Waals surface area contributed by atoms with Crippen LogP contribution in [0.25, 0.3) is 0 Å². The molecule has 0 atom stereocenters. The summed E-state index contributed by atoms with van der Waals surface area (Å²) in [6.07, 6.45) is 4.20. The standard InChI is InChI=1S/C15H17N3/c1-18(15-6-2-3-9-17-15)13-7-8-14-12(11-13)5-4-10-16-14/h2-3,6-9,11,16H,4-5,10H2,1H3. The van der Waals surface area contributed by atoms with E-state index < -0.39 is 0 Å². The van der Waals surface area contributed by atoms with Gasteiger partial charge in [0.2, 0.25) is 0 Å². The summed E-state index contributed by atoms with van der Waals surface area (Å²) in [6.45, 7) is 1.09. The lowest BCUT2D eigenvalue weighted by molar-refractivity contribution is 0.830. The molecule has 1 aromatic carbocycles. The molecule has 0 amide bonds. The number of benzene rings is 1. The quantitative estimate of drug-likeness (QED) is 0.872. The van der Waals surface area contributed by atoms with E-state index in [9.17, 15) is 0 Å². The number of nitrogens with one attached hydrogen (secondary N) is 1. The van der Waals surface area contributed by atoms with Gasteiger partial charge >= 0.3 is 0 Å². The van der Waals surface area contributed by atoms with Crippen LogP contribution in [0, 0.1) is 0 Å². The molecule has 0 fully saturated rings. The largest absolute Gasteiger partial charge is 0.385 e. The van der Waals surface area contributed by atoms with Crippen LogP contribution in [-0.4, -0.2) is 18.6 Å². The van der Waals surface area contributed by atoms with Crippen molar-refractivity contribution in [3.63, 3.8) is 0 Å². The molecular formula is C15H17N3. The fourth-order valence-electron chi connectivity index (χ4n) is 2.35. The number of anilines is 3. The van der Waals surface area contributed by atoms with Crippen LogP contribution in [0.5, 0.6) is 0 Å². The number of pyridine rings is 1. The molecule has 2 heterocycles. The molecule has 2 aromatic rings. The Morgan fingerprint density at radius 1 is 1.22 bits per heavy atom. The lowest BCUT2D eigenvalue weighted by atomic mass is 10.0. The highest BCUT2D eigenvalue weighted by Gasteiger charge is 2.11. The zero-order chi connectivity index (χ0) is 12.4. The Balaban J connectivity index is 1.93. The third-order valence-corrected chi connectivity index (χ3v) is 3.41. The number of hydrogen-bond donors (Lipinski definition) is 1. The molecule has 18 heavy (non-hydrogen) atoms. The molecule has 92 valence electrons. The van der Waals surface area contributed by atoms with E-state index in [1.54, 1.807) is 0 Å². The summed E-state index contributed by atoms with van der Waals surface area (Å²) in [5, 5.41) is 3.43. The Morgan fingerprint density at radius 2 is 2.17 bits per heavy atom. The maximum absolute atomic E-state index is 4.38. The molecule has 3 heteroatoms. The van der Waals surface area contributed by atoms with E-state index in [0.717, 1.165) is 18.8 Å². The van der Waals surface area contributed by atoms with Gasteiger partial charge in [-0.25, -0.2) is 4.98 Å². The van der Waals surface area contributed by atoms with Gasteiger partial charge in [0.1, 0.15) is 5.82 Å². The van der Waals surface area contributed by atoms with Crippen molar-refractivity contribution >= 4 is 17.2 Å². The van der Waals surface area contributed by atoms with Crippen molar-refractivity contribution < 1.29 is 0 Å². The molecule has 0 radical (unpaired) electrons. The molecule has 1 aliphatic heterocycles. The average Bonchev–Trinajstić information content (AvgIpc) is 2.47. The number of fused-ring (bicyclic) bond motifs is 1. The van der Waals surface area contributed by atoms with Gasteiger partial charge in [-0.2, -0.15) is 0 Å². The predicted molar refractivity (Wildman–Crippen MR) is 75.6 cm³/mol. The van der Waals surface area contributed by atoms with Crippen LogP contribution in [0.1, 0.15) is 12.0 Å². The SMILES string of the molecule is CN(c1ccc2c(c1)CCCN2)c1ccccn1. The zero-order valence-electron chi connectivity index (χ0n) is 10.6. The Labute approximate surface area is 107 Å². The summed E-state index contributed by atoms with van der Waals surface area (Å²) >= 11 is 0. The van der Waals surface area contributed by atoms with Crippen molar-refractivity contribution in [2.75, 3.05) is 23.8 Å². The van der Waals surface area contributed by atoms with Crippen molar-refractivity contribution in [3.05, 3.63) is 48.2 Å². The van der Waals surface area contributed by atoms with E-state index in [-0.39, 0.29) is 0 Å². The topological polar surface area (TPSA) is 28.2 Å². The van der Waals surface area contributed by atoms with Gasteiger partial charge in [0.25, 0.3) is 0 Å². The summed E-state index contributed by atoms with van der Waals surface area (Å²) in [6, 6.07) is 12.6. The molecule has 1 aliphatic rings. The van der Waals surface area contributed by atoms with Gasteiger partial charge < -0.3 is 10.2 Å². The fourth-order valence-corrected chi connectivity index (χ4v) is 2.35. The van der Waals surface area contributed by atoms with Gasteiger partial charge in [-0.3, -0.25) is 0 Å². The molecule has 0 bridgehead atoms. The Bertz CT molecular complexity index is 537. The number of aryl methyl sites for hydroxylation is 1. The Kier molecular flexibility index (Phi) is 2.89. The van der Waals surface area contributed by atoms with Crippen LogP contribution in [0.2, 0.25) is 0 Å². The minimum atomic E-state index is 0.973. The lowest BCUT2D eigenvalue weighted by Crippen LogP contribution is -2.14. The second-order valence-corrected chi connectivity index (χ2v) is 4.62. The monoisotopic (exact) mass is 239 g/mol. The van der Waals surface area contributed by atoms with Crippen molar-refractivity contribution in [1.82, 2.24) is 4.98 Å². The van der Waals surface area contributed by atoms with Crippen LogP contribution in [-0.2, 0) is 6.42 Å². The normalized spacial score (nSPS) is 13.6. The molecule has 3 rings (SSSR count). The number of hydrogen-bond acceptors (Lipinski definition) is 3. The van der Waals surface area contributed by atoms with Gasteiger partial charge in [0, 0.05) is 31.2 Å². The molecule has 3 nitrogen and oxygen atoms in total. The van der Waals surface area contributed by atoms with Crippen molar-refractivity contribution in [3.8, 4) is 0 Å². The van der Waals surface area contributed by atoms with E-state index >= 15 is 0 Å². The minimum Gasteiger partial charge on any atom is -0.385 e. The van der Waals surface area contributed by atoms with Gasteiger partial charge in [0.15, 0.2) is 0 Å². The summed E-state index contributed by atoms with van der Waals surface area (Å²) in [5.74, 6) is 0.973. The van der Waals surface area contributed by atoms with E-state index in [1.165, 1.54) is 23.4 Å². The summed E-state index contributed by atoms with van der Waals surface area (Å²) in [5.41, 5.74) is 3.87. The summed E-state index contributed by atoms with van der Waals surface area (Å²) in [7, 11) is 2.06. The van der Waals surface area contributed by atoms with Crippen LogP contribution < -0.4 is 10.2 Å². The summed E-state index contributed by atoms with van der Waals surface area (Å²) in [4.78, 5) is 6.50. The maximum Gasteiger partial charge on any atom is 0.132 e. The smallest absolute Gasteiger partial charge is 0.132 e. The molecule has 0 spiro atoms. The van der Waals surface area contributed by atoms with Crippen LogP contribution in [0.3, 0.4) is 0 Å². The number of aromatic nitrogens is 1. The number of rotatable bonds is 2. The molecule has 1 N–H and O–H groups in total. The minimum absolute atomic E-state index is 0.973. The molecule has 0 aliphatic carbocycles. The highest BCUT2D eigenvalue weighted by Crippen LogP contribution is 2.29. The van der Waals surface area contributed by atoms with Gasteiger partial charge in [-0.05, 0) is 48.7 Å². The first kappa shape index (κ1) is 11.1. The Morgan fingerprint density at radius 3 is 3.00 bits per heavy atom. The third-order valence-electron chi connectivity index (χ3n) is 3.41. The second kappa shape index (κ2) is 4.69. The second-order valence-electron chi connectivity index (χ2n) is 4.62. The van der Waals surface area contributed by atoms with Crippen molar-refractivity contribution in [2.24, 2.45) is 0 Å². The molecular weight excluding hydrogens is 222 g/mol. The first-order valence-corrected chi connectivity index (χ1v) is 6.36. The first-order chi connectivity index (χ1) is 8.84. The van der Waals surface area contributed by atoms with E-state index in [1.807, 2.05) is 24.4 Å². The van der Waals surface area contributed by atoms with Crippen LogP contribution >= 0.6 is 0 Å². The van der Waals surface area contributed by atoms with Gasteiger partial charge in [-0.1, -0.05) is 6.07 Å². The lowest BCUT2D eigenvalue weighted by Gasteiger charge is -2.23. The molecule has 0 unspecified atom stereocenters. The van der Waals surface area contributed by atoms with Gasteiger partial charge in [0.05, 0.1) is 0 Å². The Hall–Kier alpha value is -2.03. The fraction of sp³-hybridized carbons (Fsp3) is 0.267. The highest BCUT2D eigenvalue weighted by molar-refractivity contribution is 5.66. The molecule has 1 aromatic heterocycles. The molecule has 0 saturated carbocycles. The molecule has 0 saturated heterocycles. The van der Waals surface area contributed by atoms with Crippen LogP contribution in [0.4, 0.5) is 17.2 Å². The predicted octanol–water partition coefficient (Wildman–Crippen LogP) is 3.21. The van der Waals surface area contributed by atoms with Crippen LogP contribution in [0.15, 0.2) is 42.6 Å². The summed E-state index contributed by atoms with van der Waals surface area (Å²) < 4.78 is 0. The first-order valence-electron chi connectivity index (χ1n) is 6.36. The number of nitrogens with zero attached hydrogens (tertiary/aromatic N) is 2. The third kappa shape index (κ3) is 2.04. The zero-order valence-corrected chi connectivity index (χ0v) is 10.6. The van der Waals surface area contributed by atoms with E-state index in [2.05, 4.69) is 40.4 Å². The van der Waals surface area contributed by atoms with E-state index in [0.29, 0.717) is 0 Å².